The lowest BCUT2D eigenvalue weighted by Crippen LogP contribution is -2.22. The van der Waals surface area contributed by atoms with E-state index in [1.165, 1.54) is 139 Å². The second-order valence-corrected chi connectivity index (χ2v) is 25.1. The van der Waals surface area contributed by atoms with Crippen LogP contribution in [0.3, 0.4) is 0 Å². The Morgan fingerprint density at radius 2 is 0.763 bits per heavy atom. The smallest absolute Gasteiger partial charge is 0.138 e. The molecular weight excluding hydrogens is 1140 g/mol. The molecule has 480 valence electrons. The number of benzene rings is 11. The van der Waals surface area contributed by atoms with Crippen molar-refractivity contribution in [3.8, 4) is 61.4 Å². The van der Waals surface area contributed by atoms with Gasteiger partial charge in [0.2, 0.25) is 0 Å². The van der Waals surface area contributed by atoms with E-state index in [-0.39, 0.29) is 23.3 Å². The van der Waals surface area contributed by atoms with Crippen LogP contribution in [0.4, 0.5) is 17.1 Å². The van der Waals surface area contributed by atoms with Crippen LogP contribution in [0.15, 0.2) is 265 Å². The zero-order chi connectivity index (χ0) is 61.6. The van der Waals surface area contributed by atoms with E-state index in [1.54, 1.807) is 0 Å². The Morgan fingerprint density at radius 1 is 0.366 bits per heavy atom. The lowest BCUT2D eigenvalue weighted by molar-refractivity contribution is 0.164. The van der Waals surface area contributed by atoms with Gasteiger partial charge in [-0.1, -0.05) is 262 Å². The summed E-state index contributed by atoms with van der Waals surface area (Å²) >= 11 is 0. The van der Waals surface area contributed by atoms with E-state index in [0.717, 1.165) is 46.3 Å². The lowest BCUT2D eigenvalue weighted by Gasteiger charge is -2.26. The van der Waals surface area contributed by atoms with Gasteiger partial charge in [-0.25, -0.2) is 0 Å². The molecule has 93 heavy (non-hydrogen) atoms. The van der Waals surface area contributed by atoms with Gasteiger partial charge in [-0.2, -0.15) is 0 Å². The van der Waals surface area contributed by atoms with E-state index in [0.29, 0.717) is 12.0 Å². The number of fused-ring (bicyclic) bond motifs is 6. The van der Waals surface area contributed by atoms with Crippen LogP contribution in [0.1, 0.15) is 92.0 Å². The van der Waals surface area contributed by atoms with Gasteiger partial charge < -0.3 is 42.2 Å². The molecule has 0 bridgehead atoms. The quantitative estimate of drug-likeness (QED) is 0.154. The molecule has 10 N–H and O–H groups in total. The highest BCUT2D eigenvalue weighted by atomic mass is 16.5. The Balaban J connectivity index is 0.000000285. The molecule has 2 fully saturated rings. The Labute approximate surface area is 553 Å². The Kier molecular flexibility index (Phi) is 25.8. The summed E-state index contributed by atoms with van der Waals surface area (Å²) in [7, 11) is 6.00. The van der Waals surface area contributed by atoms with Gasteiger partial charge in [0.1, 0.15) is 23.0 Å². The van der Waals surface area contributed by atoms with Crippen molar-refractivity contribution in [3.63, 3.8) is 0 Å². The molecular formula is C85H96N4O4. The van der Waals surface area contributed by atoms with Gasteiger partial charge in [-0.3, -0.25) is 0 Å². The summed E-state index contributed by atoms with van der Waals surface area (Å²) in [5, 5.41) is 2.41. The Bertz CT molecular complexity index is 4080. The van der Waals surface area contributed by atoms with Gasteiger partial charge in [0.15, 0.2) is 0 Å². The van der Waals surface area contributed by atoms with Gasteiger partial charge >= 0.3 is 0 Å². The normalized spacial score (nSPS) is 14.1. The highest BCUT2D eigenvalue weighted by molar-refractivity contribution is 6.05. The van der Waals surface area contributed by atoms with Gasteiger partial charge in [-0.15, -0.1) is 0 Å². The summed E-state index contributed by atoms with van der Waals surface area (Å²) in [6.07, 6.45) is 11.2. The summed E-state index contributed by atoms with van der Waals surface area (Å²) in [6.45, 7) is 10.8. The molecule has 1 aromatic heterocycles. The first kappa shape index (κ1) is 71.1. The average Bonchev–Trinajstić information content (AvgIpc) is 1.64. The standard InChI is InChI=1S/C56H47NO.C13H10O.C7H8.C6H12.C3H9N.2H3N.2H2O/c1-38-16-20-40(21-17-38)45-8-5-10-47(36-45)42-24-30-49(31-25-42)57(50-32-26-43(27-33-50)48-11-6-9-46(37-48)41-22-18-39(2)19-23-41)51-34-28-44(29-35-51)52-13-7-14-54-53-12-3-4-15-55(53)58-56(52)54;1-9-5-4-7-11-10-6-2-3-8-12(10)14-13(9)11;1-7-5-3-2-4-6-7;1-6-4-2-3-5-6;1-4(2)3;;;;/h5-11,13-14,16-37,53,55H,3-4,12,15H2,1-2H3;2-8H,1H3;2-6H,1H3;6H,2-5H2,1H3;1-3H3;2*1H3;2*1H2. The third-order valence-corrected chi connectivity index (χ3v) is 17.5. The first-order valence-corrected chi connectivity index (χ1v) is 32.2. The fraction of sp³-hybridized carbons (Fsp3) is 0.224. The number of hydrogen-bond acceptors (Lipinski definition) is 6. The van der Waals surface area contributed by atoms with Crippen molar-refractivity contribution in [2.24, 2.45) is 5.92 Å². The Morgan fingerprint density at radius 3 is 1.23 bits per heavy atom. The summed E-state index contributed by atoms with van der Waals surface area (Å²) in [4.78, 5) is 4.36. The monoisotopic (exact) mass is 1240 g/mol. The zero-order valence-corrected chi connectivity index (χ0v) is 55.8. The molecule has 0 saturated heterocycles. The molecule has 0 radical (unpaired) electrons. The summed E-state index contributed by atoms with van der Waals surface area (Å²) < 4.78 is 12.5. The molecule has 2 saturated carbocycles. The first-order valence-electron chi connectivity index (χ1n) is 32.2. The first-order chi connectivity index (χ1) is 43.4. The van der Waals surface area contributed by atoms with Crippen LogP contribution in [-0.2, 0) is 0 Å². The van der Waals surface area contributed by atoms with E-state index in [2.05, 4.69) is 264 Å². The van der Waals surface area contributed by atoms with Crippen molar-refractivity contribution < 1.29 is 20.1 Å². The minimum absolute atomic E-state index is 0. The number of para-hydroxylation sites is 3. The largest absolute Gasteiger partial charge is 0.489 e. The van der Waals surface area contributed by atoms with Gasteiger partial charge in [0.05, 0.1) is 0 Å². The molecule has 8 heteroatoms. The molecule has 12 aromatic rings. The van der Waals surface area contributed by atoms with Crippen LogP contribution in [0.25, 0.3) is 77.6 Å². The number of anilines is 3. The number of aryl methyl sites for hydroxylation is 4. The molecule has 0 spiro atoms. The van der Waals surface area contributed by atoms with Crippen molar-refractivity contribution in [2.45, 2.75) is 98.0 Å². The summed E-state index contributed by atoms with van der Waals surface area (Å²) in [5.41, 5.74) is 23.8. The second kappa shape index (κ2) is 33.8. The van der Waals surface area contributed by atoms with Crippen molar-refractivity contribution in [1.82, 2.24) is 17.2 Å². The molecule has 11 aromatic carbocycles. The topological polar surface area (TPSA) is 162 Å². The van der Waals surface area contributed by atoms with Crippen LogP contribution in [0.2, 0.25) is 0 Å². The Hall–Kier alpha value is -9.38. The third kappa shape index (κ3) is 17.8. The lowest BCUT2D eigenvalue weighted by atomic mass is 9.83. The van der Waals surface area contributed by atoms with E-state index >= 15 is 0 Å². The van der Waals surface area contributed by atoms with Crippen molar-refractivity contribution in [3.05, 3.63) is 289 Å². The molecule has 0 amide bonds. The molecule has 2 atom stereocenters. The number of ether oxygens (including phenoxy) is 1. The number of nitrogens with zero attached hydrogens (tertiary/aromatic N) is 2. The third-order valence-electron chi connectivity index (χ3n) is 17.5. The molecule has 3 aliphatic rings. The van der Waals surface area contributed by atoms with Crippen LogP contribution in [0.5, 0.6) is 5.75 Å². The summed E-state index contributed by atoms with van der Waals surface area (Å²) in [6, 6.07) is 93.7. The van der Waals surface area contributed by atoms with Crippen molar-refractivity contribution in [2.75, 3.05) is 26.0 Å². The highest BCUT2D eigenvalue weighted by Crippen LogP contribution is 2.50. The molecule has 15 rings (SSSR count). The molecule has 2 aliphatic carbocycles. The van der Waals surface area contributed by atoms with E-state index in [1.807, 2.05) is 62.4 Å². The number of furan rings is 1. The fourth-order valence-corrected chi connectivity index (χ4v) is 12.6. The minimum atomic E-state index is 0. The van der Waals surface area contributed by atoms with Crippen LogP contribution in [0, 0.1) is 33.6 Å². The van der Waals surface area contributed by atoms with Crippen molar-refractivity contribution in [1.29, 1.82) is 0 Å². The van der Waals surface area contributed by atoms with Gasteiger partial charge in [-0.05, 0) is 184 Å². The van der Waals surface area contributed by atoms with E-state index in [4.69, 9.17) is 9.15 Å². The summed E-state index contributed by atoms with van der Waals surface area (Å²) in [5.74, 6) is 2.66. The maximum Gasteiger partial charge on any atom is 0.138 e. The second-order valence-electron chi connectivity index (χ2n) is 25.1. The maximum absolute atomic E-state index is 6.67. The minimum Gasteiger partial charge on any atom is -0.489 e. The van der Waals surface area contributed by atoms with E-state index in [9.17, 15) is 0 Å². The van der Waals surface area contributed by atoms with Crippen LogP contribution >= 0.6 is 0 Å². The SMILES string of the molecule is CC1CCCC1.CN(C)C.Cc1ccc(-c2cccc(-c3ccc(N(c4ccc(-c5cccc(-c6ccc(C)cc6)c5)cc4)c4ccc(-c5cccc6c5OC5CCCCC65)cc4)cc3)c2)cc1.Cc1cccc2c1oc1ccccc12.Cc1ccccc1.N.N.O.O. The van der Waals surface area contributed by atoms with E-state index < -0.39 is 0 Å². The predicted octanol–water partition coefficient (Wildman–Crippen LogP) is 22.5. The van der Waals surface area contributed by atoms with Crippen molar-refractivity contribution >= 4 is 39.0 Å². The van der Waals surface area contributed by atoms with Crippen LogP contribution in [-0.4, -0.2) is 43.1 Å². The highest BCUT2D eigenvalue weighted by Gasteiger charge is 2.37. The maximum atomic E-state index is 6.67. The van der Waals surface area contributed by atoms with Gasteiger partial charge in [0, 0.05) is 44.9 Å². The molecule has 1 aliphatic heterocycles. The van der Waals surface area contributed by atoms with Gasteiger partial charge in [0.25, 0.3) is 0 Å². The molecule has 2 unspecified atom stereocenters. The fourth-order valence-electron chi connectivity index (χ4n) is 12.6. The number of rotatable bonds is 8. The zero-order valence-electron chi connectivity index (χ0n) is 55.8. The average molecular weight is 1240 g/mol. The molecule has 2 heterocycles. The predicted molar refractivity (Wildman–Crippen MR) is 398 cm³/mol. The number of hydrogen-bond donors (Lipinski definition) is 2. The molecule has 8 nitrogen and oxygen atoms in total. The van der Waals surface area contributed by atoms with Crippen LogP contribution < -0.4 is 21.9 Å².